The first-order valence-corrected chi connectivity index (χ1v) is 8.22. The fourth-order valence-corrected chi connectivity index (χ4v) is 3.49. The summed E-state index contributed by atoms with van der Waals surface area (Å²) >= 11 is 0. The molecule has 0 bridgehead atoms. The third-order valence-corrected chi connectivity index (χ3v) is 4.75. The van der Waals surface area contributed by atoms with Gasteiger partial charge in [0.25, 0.3) is 0 Å². The van der Waals surface area contributed by atoms with Crippen molar-refractivity contribution in [1.29, 1.82) is 0 Å². The first-order valence-electron chi connectivity index (χ1n) is 8.22. The lowest BCUT2D eigenvalue weighted by Crippen LogP contribution is -2.20. The molecule has 1 N–H and O–H groups in total. The molecule has 6 nitrogen and oxygen atoms in total. The smallest absolute Gasteiger partial charge is 0.337 e. The van der Waals surface area contributed by atoms with Gasteiger partial charge in [0, 0.05) is 23.7 Å². The lowest BCUT2D eigenvalue weighted by molar-refractivity contribution is -0.136. The van der Waals surface area contributed by atoms with E-state index < -0.39 is 0 Å². The van der Waals surface area contributed by atoms with E-state index >= 15 is 0 Å². The Labute approximate surface area is 151 Å². The quantitative estimate of drug-likeness (QED) is 0.852. The number of benzene rings is 2. The highest BCUT2D eigenvalue weighted by atomic mass is 16.5. The minimum absolute atomic E-state index is 0.239. The zero-order chi connectivity index (χ0) is 18.3. The number of rotatable bonds is 4. The Morgan fingerprint density at radius 1 is 0.962 bits per heavy atom. The number of carbonyl (C=O) groups is 1. The number of esters is 1. The molecule has 0 radical (unpaired) electrons. The molecule has 2 aliphatic rings. The van der Waals surface area contributed by atoms with Crippen molar-refractivity contribution in [3.8, 4) is 17.2 Å². The van der Waals surface area contributed by atoms with Gasteiger partial charge in [-0.15, -0.1) is 0 Å². The summed E-state index contributed by atoms with van der Waals surface area (Å²) in [6, 6.07) is 11.4. The fraction of sp³-hybridized carbons (Fsp3) is 0.250. The predicted molar refractivity (Wildman–Crippen MR) is 96.0 cm³/mol. The largest absolute Gasteiger partial charge is 0.497 e. The van der Waals surface area contributed by atoms with Crippen LogP contribution >= 0.6 is 0 Å². The van der Waals surface area contributed by atoms with Crippen LogP contribution < -0.4 is 19.5 Å². The summed E-state index contributed by atoms with van der Waals surface area (Å²) in [6.07, 6.45) is 0. The molecule has 1 atom stereocenters. The number of carbonyl (C=O) groups excluding carboxylic acids is 1. The number of hydrogen-bond acceptors (Lipinski definition) is 6. The maximum atomic E-state index is 12.4. The molecule has 0 amide bonds. The molecule has 2 aromatic carbocycles. The summed E-state index contributed by atoms with van der Waals surface area (Å²) in [5.74, 6) is 1.50. The fourth-order valence-electron chi connectivity index (χ4n) is 3.49. The second kappa shape index (κ2) is 6.29. The van der Waals surface area contributed by atoms with E-state index in [2.05, 4.69) is 5.32 Å². The van der Waals surface area contributed by atoms with Crippen molar-refractivity contribution in [1.82, 2.24) is 0 Å². The summed E-state index contributed by atoms with van der Waals surface area (Å²) in [6.45, 7) is 0.239. The zero-order valence-electron chi connectivity index (χ0n) is 14.8. The molecule has 4 rings (SSSR count). The lowest BCUT2D eigenvalue weighted by Gasteiger charge is -2.28. The monoisotopic (exact) mass is 353 g/mol. The molecule has 0 saturated carbocycles. The molecule has 6 heteroatoms. The maximum Gasteiger partial charge on any atom is 0.337 e. The van der Waals surface area contributed by atoms with Crippen molar-refractivity contribution < 1.29 is 23.7 Å². The minimum atomic E-state index is -0.305. The average molecular weight is 353 g/mol. The molecule has 2 aromatic rings. The van der Waals surface area contributed by atoms with Crippen molar-refractivity contribution in [2.24, 2.45) is 0 Å². The molecular formula is C20H19NO5. The molecule has 0 aromatic heterocycles. The summed E-state index contributed by atoms with van der Waals surface area (Å²) in [5.41, 5.74) is 4.17. The van der Waals surface area contributed by atoms with Crippen molar-refractivity contribution >= 4 is 11.7 Å². The highest BCUT2D eigenvalue weighted by Gasteiger charge is 2.38. The van der Waals surface area contributed by atoms with Gasteiger partial charge in [0.05, 0.1) is 32.6 Å². The van der Waals surface area contributed by atoms with Crippen LogP contribution in [0.1, 0.15) is 17.0 Å². The van der Waals surface area contributed by atoms with Crippen molar-refractivity contribution in [3.05, 3.63) is 58.8 Å². The number of methoxy groups -OCH3 is 3. The van der Waals surface area contributed by atoms with Gasteiger partial charge in [-0.3, -0.25) is 0 Å². The van der Waals surface area contributed by atoms with E-state index in [1.807, 2.05) is 36.4 Å². The first-order chi connectivity index (χ1) is 12.6. The number of anilines is 1. The molecule has 0 aliphatic carbocycles. The van der Waals surface area contributed by atoms with Crippen LogP contribution in [0.3, 0.4) is 0 Å². The van der Waals surface area contributed by atoms with Gasteiger partial charge in [-0.25, -0.2) is 4.79 Å². The van der Waals surface area contributed by atoms with E-state index in [1.54, 1.807) is 21.3 Å². The number of nitrogens with one attached hydrogen (secondary N) is 1. The van der Waals surface area contributed by atoms with Crippen molar-refractivity contribution in [2.75, 3.05) is 33.3 Å². The van der Waals surface area contributed by atoms with Crippen molar-refractivity contribution in [2.45, 2.75) is 5.92 Å². The molecule has 26 heavy (non-hydrogen) atoms. The first kappa shape index (κ1) is 16.3. The van der Waals surface area contributed by atoms with Crippen molar-refractivity contribution in [3.63, 3.8) is 0 Å². The minimum Gasteiger partial charge on any atom is -0.497 e. The van der Waals surface area contributed by atoms with E-state index in [-0.39, 0.29) is 18.5 Å². The average Bonchev–Trinajstić information content (AvgIpc) is 3.05. The maximum absolute atomic E-state index is 12.4. The van der Waals surface area contributed by atoms with Gasteiger partial charge < -0.3 is 24.3 Å². The van der Waals surface area contributed by atoms with Gasteiger partial charge in [-0.2, -0.15) is 0 Å². The number of fused-ring (bicyclic) bond motifs is 1. The third kappa shape index (κ3) is 2.54. The third-order valence-electron chi connectivity index (χ3n) is 4.75. The predicted octanol–water partition coefficient (Wildman–Crippen LogP) is 3.08. The Bertz CT molecular complexity index is 896. The van der Waals surface area contributed by atoms with Crippen LogP contribution in [0.2, 0.25) is 0 Å². The Kier molecular flexibility index (Phi) is 3.95. The summed E-state index contributed by atoms with van der Waals surface area (Å²) in [5, 5.41) is 3.31. The van der Waals surface area contributed by atoms with Crippen LogP contribution in [-0.4, -0.2) is 33.9 Å². The van der Waals surface area contributed by atoms with E-state index in [9.17, 15) is 4.79 Å². The second-order valence-corrected chi connectivity index (χ2v) is 6.13. The second-order valence-electron chi connectivity index (χ2n) is 6.13. The molecule has 134 valence electrons. The van der Waals surface area contributed by atoms with E-state index in [4.69, 9.17) is 18.9 Å². The van der Waals surface area contributed by atoms with Gasteiger partial charge in [0.1, 0.15) is 23.9 Å². The van der Waals surface area contributed by atoms with Gasteiger partial charge in [0.15, 0.2) is 0 Å². The highest BCUT2D eigenvalue weighted by molar-refractivity contribution is 5.97. The SMILES string of the molecule is COc1cc(OC)cc([C@@H]2C3=C(COC3=O)Nc3cc(OC)ccc32)c1. The molecule has 0 saturated heterocycles. The normalized spacial score (nSPS) is 17.8. The molecule has 2 aliphatic heterocycles. The lowest BCUT2D eigenvalue weighted by atomic mass is 9.81. The van der Waals surface area contributed by atoms with Crippen LogP contribution in [0.4, 0.5) is 5.69 Å². The van der Waals surface area contributed by atoms with Crippen LogP contribution in [0.25, 0.3) is 0 Å². The van der Waals surface area contributed by atoms with E-state index in [0.717, 1.165) is 28.3 Å². The number of hydrogen-bond donors (Lipinski definition) is 1. The molecule has 0 unspecified atom stereocenters. The van der Waals surface area contributed by atoms with Gasteiger partial charge >= 0.3 is 5.97 Å². The van der Waals surface area contributed by atoms with Crippen LogP contribution in [0.15, 0.2) is 47.7 Å². The topological polar surface area (TPSA) is 66.0 Å². The van der Waals surface area contributed by atoms with Crippen LogP contribution in [0.5, 0.6) is 17.2 Å². The Morgan fingerprint density at radius 3 is 2.31 bits per heavy atom. The summed E-state index contributed by atoms with van der Waals surface area (Å²) in [7, 11) is 4.84. The molecular weight excluding hydrogens is 334 g/mol. The Balaban J connectivity index is 1.92. The van der Waals surface area contributed by atoms with Crippen LogP contribution in [0, 0.1) is 0 Å². The molecule has 0 fully saturated rings. The standard InChI is InChI=1S/C20H19NO5/c1-23-12-4-5-15-16(9-12)21-17-10-26-20(22)19(17)18(15)11-6-13(24-2)8-14(7-11)25-3/h4-9,18,21H,10H2,1-3H3/t18-/m0/s1. The number of cyclic esters (lactones) is 1. The molecule has 0 spiro atoms. The summed E-state index contributed by atoms with van der Waals surface area (Å²) < 4.78 is 21.4. The molecule has 2 heterocycles. The summed E-state index contributed by atoms with van der Waals surface area (Å²) in [4.78, 5) is 12.4. The van der Waals surface area contributed by atoms with Gasteiger partial charge in [-0.1, -0.05) is 6.07 Å². The highest BCUT2D eigenvalue weighted by Crippen LogP contribution is 2.46. The van der Waals surface area contributed by atoms with Crippen LogP contribution in [-0.2, 0) is 9.53 Å². The Morgan fingerprint density at radius 2 is 1.65 bits per heavy atom. The van der Waals surface area contributed by atoms with E-state index in [0.29, 0.717) is 17.1 Å². The van der Waals surface area contributed by atoms with E-state index in [1.165, 1.54) is 0 Å². The number of ether oxygens (including phenoxy) is 4. The zero-order valence-corrected chi connectivity index (χ0v) is 14.8. The Hall–Kier alpha value is -3.15. The van der Waals surface area contributed by atoms with Gasteiger partial charge in [0.2, 0.25) is 0 Å². The van der Waals surface area contributed by atoms with Gasteiger partial charge in [-0.05, 0) is 29.3 Å².